The second-order valence-corrected chi connectivity index (χ2v) is 6.37. The smallest absolute Gasteiger partial charge is 0.251 e. The lowest BCUT2D eigenvalue weighted by Crippen LogP contribution is -2.19. The van der Waals surface area contributed by atoms with Gasteiger partial charge < -0.3 is 10.6 Å². The van der Waals surface area contributed by atoms with Crippen LogP contribution >= 0.6 is 31.9 Å². The van der Waals surface area contributed by atoms with Gasteiger partial charge in [-0.15, -0.1) is 0 Å². The maximum absolute atomic E-state index is 11.8. The minimum absolute atomic E-state index is 0.0671. The maximum atomic E-state index is 11.8. The SMILES string of the molecule is CNC(=O)c1cccc(NCc2ccc(Br)c(Br)c2)c1C. The number of nitrogens with one attached hydrogen (secondary N) is 2. The summed E-state index contributed by atoms with van der Waals surface area (Å²) in [5, 5.41) is 6.04. The third-order valence-electron chi connectivity index (χ3n) is 3.27. The second-order valence-electron chi connectivity index (χ2n) is 4.66. The molecule has 0 spiro atoms. The van der Waals surface area contributed by atoms with Crippen LogP contribution in [-0.2, 0) is 6.54 Å². The fourth-order valence-electron chi connectivity index (χ4n) is 2.05. The number of halogens is 2. The van der Waals surface area contributed by atoms with E-state index in [0.29, 0.717) is 12.1 Å². The molecule has 0 saturated carbocycles. The number of carbonyl (C=O) groups is 1. The van der Waals surface area contributed by atoms with E-state index < -0.39 is 0 Å². The van der Waals surface area contributed by atoms with Gasteiger partial charge in [-0.3, -0.25) is 4.79 Å². The normalized spacial score (nSPS) is 10.3. The number of hydrogen-bond donors (Lipinski definition) is 2. The van der Waals surface area contributed by atoms with Crippen LogP contribution in [0.15, 0.2) is 45.3 Å². The van der Waals surface area contributed by atoms with Crippen LogP contribution in [0.3, 0.4) is 0 Å². The minimum Gasteiger partial charge on any atom is -0.381 e. The first-order valence-corrected chi connectivity index (χ1v) is 8.11. The highest BCUT2D eigenvalue weighted by Crippen LogP contribution is 2.25. The van der Waals surface area contributed by atoms with E-state index in [0.717, 1.165) is 25.8 Å². The second kappa shape index (κ2) is 7.09. The molecule has 0 unspecified atom stereocenters. The van der Waals surface area contributed by atoms with Gasteiger partial charge in [-0.1, -0.05) is 12.1 Å². The first-order chi connectivity index (χ1) is 10.0. The molecule has 0 bridgehead atoms. The van der Waals surface area contributed by atoms with Crippen LogP contribution < -0.4 is 10.6 Å². The Morgan fingerprint density at radius 1 is 1.14 bits per heavy atom. The fourth-order valence-corrected chi connectivity index (χ4v) is 2.73. The van der Waals surface area contributed by atoms with Crippen molar-refractivity contribution in [2.45, 2.75) is 13.5 Å². The minimum atomic E-state index is -0.0671. The van der Waals surface area contributed by atoms with E-state index in [2.05, 4.69) is 54.6 Å². The van der Waals surface area contributed by atoms with Gasteiger partial charge in [0.15, 0.2) is 0 Å². The highest BCUT2D eigenvalue weighted by molar-refractivity contribution is 9.13. The van der Waals surface area contributed by atoms with Crippen molar-refractivity contribution in [2.75, 3.05) is 12.4 Å². The molecule has 21 heavy (non-hydrogen) atoms. The van der Waals surface area contributed by atoms with Gasteiger partial charge in [-0.2, -0.15) is 0 Å². The molecule has 2 N–H and O–H groups in total. The first kappa shape index (κ1) is 16.0. The molecule has 5 heteroatoms. The largest absolute Gasteiger partial charge is 0.381 e. The van der Waals surface area contributed by atoms with Gasteiger partial charge in [0.2, 0.25) is 0 Å². The van der Waals surface area contributed by atoms with E-state index in [1.807, 2.05) is 31.2 Å². The van der Waals surface area contributed by atoms with Gasteiger partial charge in [0.1, 0.15) is 0 Å². The monoisotopic (exact) mass is 410 g/mol. The van der Waals surface area contributed by atoms with Crippen LogP contribution in [-0.4, -0.2) is 13.0 Å². The summed E-state index contributed by atoms with van der Waals surface area (Å²) in [6.45, 7) is 2.65. The van der Waals surface area contributed by atoms with Crippen molar-refractivity contribution >= 4 is 43.5 Å². The van der Waals surface area contributed by atoms with Gasteiger partial charge in [0.05, 0.1) is 0 Å². The van der Waals surface area contributed by atoms with E-state index in [-0.39, 0.29) is 5.91 Å². The molecule has 3 nitrogen and oxygen atoms in total. The summed E-state index contributed by atoms with van der Waals surface area (Å²) >= 11 is 6.96. The van der Waals surface area contributed by atoms with Crippen molar-refractivity contribution in [3.63, 3.8) is 0 Å². The van der Waals surface area contributed by atoms with E-state index in [9.17, 15) is 4.79 Å². The quantitative estimate of drug-likeness (QED) is 0.777. The topological polar surface area (TPSA) is 41.1 Å². The standard InChI is InChI=1S/C16H16Br2N2O/c1-10-12(16(21)19-2)4-3-5-15(10)20-9-11-6-7-13(17)14(18)8-11/h3-8,20H,9H2,1-2H3,(H,19,21). The lowest BCUT2D eigenvalue weighted by molar-refractivity contribution is 0.0962. The zero-order chi connectivity index (χ0) is 15.4. The van der Waals surface area contributed by atoms with Crippen molar-refractivity contribution in [3.05, 3.63) is 62.0 Å². The summed E-state index contributed by atoms with van der Waals surface area (Å²) in [6.07, 6.45) is 0. The van der Waals surface area contributed by atoms with Crippen LogP contribution in [0.5, 0.6) is 0 Å². The van der Waals surface area contributed by atoms with E-state index in [1.165, 1.54) is 0 Å². The van der Waals surface area contributed by atoms with Crippen LogP contribution in [0.25, 0.3) is 0 Å². The predicted octanol–water partition coefficient (Wildman–Crippen LogP) is 4.49. The highest BCUT2D eigenvalue weighted by atomic mass is 79.9. The molecule has 110 valence electrons. The molecule has 0 aliphatic rings. The Labute approximate surface area is 141 Å². The summed E-state index contributed by atoms with van der Waals surface area (Å²) in [5.41, 5.74) is 3.78. The summed E-state index contributed by atoms with van der Waals surface area (Å²) in [6, 6.07) is 11.8. The molecule has 2 rings (SSSR count). The molecule has 0 radical (unpaired) electrons. The Bertz CT molecular complexity index is 671. The Morgan fingerprint density at radius 3 is 2.57 bits per heavy atom. The summed E-state index contributed by atoms with van der Waals surface area (Å²) in [7, 11) is 1.64. The van der Waals surface area contributed by atoms with E-state index in [1.54, 1.807) is 7.05 Å². The maximum Gasteiger partial charge on any atom is 0.251 e. The summed E-state index contributed by atoms with van der Waals surface area (Å²) < 4.78 is 2.06. The zero-order valence-corrected chi connectivity index (χ0v) is 15.0. The number of hydrogen-bond acceptors (Lipinski definition) is 2. The number of anilines is 1. The number of benzene rings is 2. The average Bonchev–Trinajstić information content (AvgIpc) is 2.49. The van der Waals surface area contributed by atoms with Gasteiger partial charge in [-0.25, -0.2) is 0 Å². The predicted molar refractivity (Wildman–Crippen MR) is 93.7 cm³/mol. The zero-order valence-electron chi connectivity index (χ0n) is 11.8. The molecule has 0 heterocycles. The van der Waals surface area contributed by atoms with Crippen molar-refractivity contribution in [1.29, 1.82) is 0 Å². The van der Waals surface area contributed by atoms with Crippen LogP contribution in [0.2, 0.25) is 0 Å². The molecule has 0 aromatic heterocycles. The van der Waals surface area contributed by atoms with Gasteiger partial charge in [0, 0.05) is 33.8 Å². The molecule has 0 fully saturated rings. The molecular weight excluding hydrogens is 396 g/mol. The Hall–Kier alpha value is -1.33. The Balaban J connectivity index is 2.16. The van der Waals surface area contributed by atoms with Crippen LogP contribution in [0.4, 0.5) is 5.69 Å². The third kappa shape index (κ3) is 3.86. The van der Waals surface area contributed by atoms with Gasteiger partial charge >= 0.3 is 0 Å². The number of carbonyl (C=O) groups excluding carboxylic acids is 1. The molecule has 1 amide bonds. The lowest BCUT2D eigenvalue weighted by atomic mass is 10.1. The van der Waals surface area contributed by atoms with Crippen molar-refractivity contribution in [2.24, 2.45) is 0 Å². The van der Waals surface area contributed by atoms with Crippen molar-refractivity contribution < 1.29 is 4.79 Å². The molecule has 2 aromatic carbocycles. The van der Waals surface area contributed by atoms with Gasteiger partial charge in [0.25, 0.3) is 5.91 Å². The highest BCUT2D eigenvalue weighted by Gasteiger charge is 2.09. The number of rotatable bonds is 4. The average molecular weight is 412 g/mol. The summed E-state index contributed by atoms with van der Waals surface area (Å²) in [5.74, 6) is -0.0671. The Kier molecular flexibility index (Phi) is 5.42. The molecule has 0 saturated heterocycles. The third-order valence-corrected chi connectivity index (χ3v) is 5.15. The fraction of sp³-hybridized carbons (Fsp3) is 0.188. The van der Waals surface area contributed by atoms with Gasteiger partial charge in [-0.05, 0) is 74.2 Å². The molecule has 0 atom stereocenters. The lowest BCUT2D eigenvalue weighted by Gasteiger charge is -2.13. The van der Waals surface area contributed by atoms with Crippen LogP contribution in [0.1, 0.15) is 21.5 Å². The van der Waals surface area contributed by atoms with Crippen LogP contribution in [0, 0.1) is 6.92 Å². The van der Waals surface area contributed by atoms with Crippen molar-refractivity contribution in [1.82, 2.24) is 5.32 Å². The molecular formula is C16H16Br2N2O. The van der Waals surface area contributed by atoms with Crippen molar-refractivity contribution in [3.8, 4) is 0 Å². The van der Waals surface area contributed by atoms with E-state index in [4.69, 9.17) is 0 Å². The van der Waals surface area contributed by atoms with E-state index >= 15 is 0 Å². The molecule has 2 aromatic rings. The Morgan fingerprint density at radius 2 is 1.90 bits per heavy atom. The number of amides is 1. The summed E-state index contributed by atoms with van der Waals surface area (Å²) in [4.78, 5) is 11.8. The first-order valence-electron chi connectivity index (χ1n) is 6.52. The molecule has 0 aliphatic carbocycles. The molecule has 0 aliphatic heterocycles.